The van der Waals surface area contributed by atoms with E-state index in [0.717, 1.165) is 29.7 Å². The lowest BCUT2D eigenvalue weighted by Gasteiger charge is -2.24. The summed E-state index contributed by atoms with van der Waals surface area (Å²) in [6.45, 7) is 2.69. The molecule has 1 atom stereocenters. The van der Waals surface area contributed by atoms with E-state index in [1.54, 1.807) is 42.3 Å². The summed E-state index contributed by atoms with van der Waals surface area (Å²) in [7, 11) is 1.74. The number of benzene rings is 3. The van der Waals surface area contributed by atoms with Gasteiger partial charge in [0, 0.05) is 29.0 Å². The number of carbonyl (C=O) groups is 3. The molecule has 7 heteroatoms. The normalized spacial score (nSPS) is 15.0. The summed E-state index contributed by atoms with van der Waals surface area (Å²) in [6, 6.07) is 21.9. The van der Waals surface area contributed by atoms with Gasteiger partial charge < -0.3 is 20.9 Å². The van der Waals surface area contributed by atoms with Crippen molar-refractivity contribution < 1.29 is 14.4 Å². The Bertz CT molecular complexity index is 1220. The predicted molar refractivity (Wildman–Crippen MR) is 138 cm³/mol. The van der Waals surface area contributed by atoms with Gasteiger partial charge in [0.25, 0.3) is 11.8 Å². The summed E-state index contributed by atoms with van der Waals surface area (Å²) in [4.78, 5) is 40.1. The van der Waals surface area contributed by atoms with Gasteiger partial charge >= 0.3 is 0 Å². The Morgan fingerprint density at radius 1 is 0.943 bits per heavy atom. The second-order valence-electron chi connectivity index (χ2n) is 8.65. The average Bonchev–Trinajstić information content (AvgIpc) is 3.04. The van der Waals surface area contributed by atoms with Gasteiger partial charge in [-0.15, -0.1) is 0 Å². The molecule has 3 aromatic carbocycles. The van der Waals surface area contributed by atoms with Crippen molar-refractivity contribution in [3.63, 3.8) is 0 Å². The summed E-state index contributed by atoms with van der Waals surface area (Å²) < 4.78 is 0. The fraction of sp³-hybridized carbons (Fsp3) is 0.250. The largest absolute Gasteiger partial charge is 0.348 e. The van der Waals surface area contributed by atoms with Crippen molar-refractivity contribution in [3.05, 3.63) is 95.1 Å². The van der Waals surface area contributed by atoms with Crippen molar-refractivity contribution in [2.45, 2.75) is 25.8 Å². The Balaban J connectivity index is 1.51. The van der Waals surface area contributed by atoms with E-state index in [0.29, 0.717) is 23.4 Å². The summed E-state index contributed by atoms with van der Waals surface area (Å²) >= 11 is 0. The zero-order chi connectivity index (χ0) is 24.8. The summed E-state index contributed by atoms with van der Waals surface area (Å²) in [6.07, 6.45) is 1.51. The number of hydrogen-bond donors (Lipinski definition) is 3. The maximum Gasteiger partial charge on any atom is 0.258 e. The third-order valence-corrected chi connectivity index (χ3v) is 6.17. The first-order chi connectivity index (χ1) is 17.0. The number of hydrogen-bond acceptors (Lipinski definition) is 4. The van der Waals surface area contributed by atoms with Gasteiger partial charge in [-0.2, -0.15) is 0 Å². The van der Waals surface area contributed by atoms with Gasteiger partial charge in [-0.3, -0.25) is 14.4 Å². The van der Waals surface area contributed by atoms with Gasteiger partial charge in [-0.05, 0) is 74.3 Å². The number of carbonyl (C=O) groups excluding carboxylic acids is 3. The molecule has 1 aliphatic rings. The van der Waals surface area contributed by atoms with Crippen molar-refractivity contribution in [1.29, 1.82) is 0 Å². The van der Waals surface area contributed by atoms with Gasteiger partial charge in [0.15, 0.2) is 0 Å². The topological polar surface area (TPSA) is 90.5 Å². The van der Waals surface area contributed by atoms with Crippen LogP contribution in [0.1, 0.15) is 50.7 Å². The van der Waals surface area contributed by atoms with Crippen molar-refractivity contribution in [1.82, 2.24) is 10.6 Å². The van der Waals surface area contributed by atoms with E-state index in [1.165, 1.54) is 0 Å². The molecule has 0 aliphatic carbocycles. The van der Waals surface area contributed by atoms with Gasteiger partial charge in [0.05, 0.1) is 12.6 Å². The molecular weight excluding hydrogens is 440 g/mol. The third-order valence-electron chi connectivity index (χ3n) is 6.17. The number of rotatable bonds is 6. The van der Waals surface area contributed by atoms with Crippen LogP contribution >= 0.6 is 0 Å². The number of amides is 3. The molecule has 0 fully saturated rings. The van der Waals surface area contributed by atoms with E-state index in [9.17, 15) is 14.4 Å². The molecule has 180 valence electrons. The standard InChI is InChI=1S/C28H30N4O3/c1-19-8-3-4-9-22(19)27(34)30-21-15-13-20(14-16-21)28(35)32-17-7-11-24(31-26(33)18-29-2)23-10-5-6-12-25(23)32/h3-6,8-10,12-16,24,29H,7,11,17-18H2,1-2H3,(H,30,34)(H,31,33). The highest BCUT2D eigenvalue weighted by Gasteiger charge is 2.27. The van der Waals surface area contributed by atoms with E-state index in [2.05, 4.69) is 16.0 Å². The lowest BCUT2D eigenvalue weighted by molar-refractivity contribution is -0.120. The minimum Gasteiger partial charge on any atom is -0.348 e. The van der Waals surface area contributed by atoms with Crippen molar-refractivity contribution >= 4 is 29.1 Å². The number of aryl methyl sites for hydroxylation is 1. The van der Waals surface area contributed by atoms with Crippen LogP contribution in [-0.2, 0) is 4.79 Å². The Kier molecular flexibility index (Phi) is 7.57. The van der Waals surface area contributed by atoms with Gasteiger partial charge in [0.2, 0.25) is 5.91 Å². The van der Waals surface area contributed by atoms with Crippen molar-refractivity contribution in [2.75, 3.05) is 30.4 Å². The molecule has 35 heavy (non-hydrogen) atoms. The molecule has 0 bridgehead atoms. The van der Waals surface area contributed by atoms with Crippen LogP contribution < -0.4 is 20.9 Å². The Morgan fingerprint density at radius 2 is 1.66 bits per heavy atom. The molecule has 0 radical (unpaired) electrons. The second kappa shape index (κ2) is 11.0. The molecule has 3 N–H and O–H groups in total. The maximum atomic E-state index is 13.5. The Labute approximate surface area is 205 Å². The molecule has 0 saturated carbocycles. The first-order valence-corrected chi connectivity index (χ1v) is 11.8. The van der Waals surface area contributed by atoms with E-state index < -0.39 is 0 Å². The molecule has 1 heterocycles. The first kappa shape index (κ1) is 24.2. The highest BCUT2D eigenvalue weighted by Crippen LogP contribution is 2.33. The molecule has 0 saturated heterocycles. The Hall–Kier alpha value is -3.97. The molecule has 0 aromatic heterocycles. The first-order valence-electron chi connectivity index (χ1n) is 11.8. The van der Waals surface area contributed by atoms with Crippen LogP contribution in [-0.4, -0.2) is 37.9 Å². The zero-order valence-electron chi connectivity index (χ0n) is 20.0. The average molecular weight is 471 g/mol. The summed E-state index contributed by atoms with van der Waals surface area (Å²) in [5.74, 6) is -0.373. The third kappa shape index (κ3) is 5.58. The van der Waals surface area contributed by atoms with Crippen LogP contribution in [0.3, 0.4) is 0 Å². The molecular formula is C28H30N4O3. The number of likely N-dealkylation sites (N-methyl/N-ethyl adjacent to an activating group) is 1. The number of anilines is 2. The molecule has 3 amide bonds. The molecule has 7 nitrogen and oxygen atoms in total. The molecule has 1 aliphatic heterocycles. The monoisotopic (exact) mass is 470 g/mol. The number of nitrogens with zero attached hydrogens (tertiary/aromatic N) is 1. The molecule has 1 unspecified atom stereocenters. The van der Waals surface area contributed by atoms with Gasteiger partial charge in [-0.25, -0.2) is 0 Å². The van der Waals surface area contributed by atoms with Crippen LogP contribution in [0.25, 0.3) is 0 Å². The van der Waals surface area contributed by atoms with E-state index in [-0.39, 0.29) is 30.3 Å². The second-order valence-corrected chi connectivity index (χ2v) is 8.65. The molecule has 4 rings (SSSR count). The van der Waals surface area contributed by atoms with E-state index in [4.69, 9.17) is 0 Å². The highest BCUT2D eigenvalue weighted by atomic mass is 16.2. The fourth-order valence-corrected chi connectivity index (χ4v) is 4.40. The van der Waals surface area contributed by atoms with E-state index in [1.807, 2.05) is 49.4 Å². The number of fused-ring (bicyclic) bond motifs is 1. The summed E-state index contributed by atoms with van der Waals surface area (Å²) in [5.41, 5.74) is 4.42. The number of para-hydroxylation sites is 1. The van der Waals surface area contributed by atoms with Crippen LogP contribution in [0.4, 0.5) is 11.4 Å². The minimum atomic E-state index is -0.185. The van der Waals surface area contributed by atoms with E-state index >= 15 is 0 Å². The lowest BCUT2D eigenvalue weighted by atomic mass is 10.0. The maximum absolute atomic E-state index is 13.5. The lowest BCUT2D eigenvalue weighted by Crippen LogP contribution is -2.35. The number of nitrogens with one attached hydrogen (secondary N) is 3. The quantitative estimate of drug-likeness (QED) is 0.507. The zero-order valence-corrected chi connectivity index (χ0v) is 20.0. The van der Waals surface area contributed by atoms with Gasteiger partial charge in [-0.1, -0.05) is 36.4 Å². The highest BCUT2D eigenvalue weighted by molar-refractivity contribution is 6.08. The predicted octanol–water partition coefficient (Wildman–Crippen LogP) is 4.06. The van der Waals surface area contributed by atoms with Crippen molar-refractivity contribution in [3.8, 4) is 0 Å². The van der Waals surface area contributed by atoms with Crippen LogP contribution in [0, 0.1) is 6.92 Å². The smallest absolute Gasteiger partial charge is 0.258 e. The molecule has 3 aromatic rings. The Morgan fingerprint density at radius 3 is 2.40 bits per heavy atom. The van der Waals surface area contributed by atoms with Crippen LogP contribution in [0.5, 0.6) is 0 Å². The van der Waals surface area contributed by atoms with Gasteiger partial charge in [0.1, 0.15) is 0 Å². The minimum absolute atomic E-state index is 0.0737. The van der Waals surface area contributed by atoms with Crippen LogP contribution in [0.2, 0.25) is 0 Å². The SMILES string of the molecule is CNCC(=O)NC1CCCN(C(=O)c2ccc(NC(=O)c3ccccc3C)cc2)c2ccccc21. The van der Waals surface area contributed by atoms with Crippen LogP contribution in [0.15, 0.2) is 72.8 Å². The molecule has 0 spiro atoms. The van der Waals surface area contributed by atoms with Crippen molar-refractivity contribution in [2.24, 2.45) is 0 Å². The fourth-order valence-electron chi connectivity index (χ4n) is 4.40. The summed E-state index contributed by atoms with van der Waals surface area (Å²) in [5, 5.41) is 8.84.